The minimum absolute atomic E-state index is 0.580. The molecule has 238 valence electrons. The number of fused-ring (bicyclic) bond motifs is 2. The quantitative estimate of drug-likeness (QED) is 0.115. The molecule has 0 atom stereocenters. The van der Waals surface area contributed by atoms with Gasteiger partial charge in [-0.3, -0.25) is 0 Å². The molecule has 45 heavy (non-hydrogen) atoms. The van der Waals surface area contributed by atoms with Crippen LogP contribution < -0.4 is 0 Å². The molecule has 0 heterocycles. The van der Waals surface area contributed by atoms with Gasteiger partial charge in [0.05, 0.1) is 0 Å². The average Bonchev–Trinajstić information content (AvgIpc) is 3.66. The third kappa shape index (κ3) is 11.9. The molecule has 0 aromatic heterocycles. The summed E-state index contributed by atoms with van der Waals surface area (Å²) in [6.07, 6.45) is 12.2. The van der Waals surface area contributed by atoms with Crippen LogP contribution in [0.25, 0.3) is 32.7 Å². The molecular formula is C41H52Cl2SiZr. The summed E-state index contributed by atoms with van der Waals surface area (Å²) in [5, 5.41) is 5.66. The van der Waals surface area contributed by atoms with Crippen LogP contribution in [-0.2, 0) is 33.7 Å². The molecule has 4 heteroatoms. The number of benzene rings is 3. The molecule has 0 spiro atoms. The predicted molar refractivity (Wildman–Crippen MR) is 201 cm³/mol. The zero-order valence-corrected chi connectivity index (χ0v) is 33.3. The Kier molecular flexibility index (Phi) is 17.5. The average molecular weight is 735 g/mol. The summed E-state index contributed by atoms with van der Waals surface area (Å²) in [6.45, 7) is 13.3. The molecule has 6 rings (SSSR count). The van der Waals surface area contributed by atoms with Crippen molar-refractivity contribution in [1.82, 2.24) is 0 Å². The minimum atomic E-state index is -0.826. The van der Waals surface area contributed by atoms with Crippen molar-refractivity contribution in [2.75, 3.05) is 0 Å². The monoisotopic (exact) mass is 732 g/mol. The fourth-order valence-corrected chi connectivity index (χ4v) is 6.40. The van der Waals surface area contributed by atoms with E-state index in [1.807, 2.05) is 0 Å². The van der Waals surface area contributed by atoms with Crippen LogP contribution in [0.2, 0.25) is 13.1 Å². The third-order valence-corrected chi connectivity index (χ3v) is 8.74. The Balaban J connectivity index is 0.000000214. The van der Waals surface area contributed by atoms with Crippen molar-refractivity contribution in [2.24, 2.45) is 5.92 Å². The van der Waals surface area contributed by atoms with E-state index in [1.54, 1.807) is 5.56 Å². The molecule has 5 aromatic rings. The van der Waals surface area contributed by atoms with Crippen molar-refractivity contribution in [1.29, 1.82) is 0 Å². The molecule has 0 amide bonds. The van der Waals surface area contributed by atoms with Crippen LogP contribution in [0, 0.1) is 12.8 Å². The van der Waals surface area contributed by atoms with Gasteiger partial charge in [-0.2, -0.15) is 12.1 Å². The van der Waals surface area contributed by atoms with Gasteiger partial charge >= 0.3 is 37.9 Å². The molecule has 0 saturated heterocycles. The Morgan fingerprint density at radius 3 is 2.09 bits per heavy atom. The molecule has 1 aliphatic carbocycles. The Morgan fingerprint density at radius 2 is 1.47 bits per heavy atom. The number of halogens is 2. The van der Waals surface area contributed by atoms with Crippen molar-refractivity contribution in [2.45, 2.75) is 104 Å². The van der Waals surface area contributed by atoms with E-state index in [9.17, 15) is 0 Å². The summed E-state index contributed by atoms with van der Waals surface area (Å²) in [5.74, 6) is 1.52. The van der Waals surface area contributed by atoms with Crippen molar-refractivity contribution in [3.8, 4) is 11.1 Å². The van der Waals surface area contributed by atoms with Crippen LogP contribution in [0.4, 0.5) is 0 Å². The summed E-state index contributed by atoms with van der Waals surface area (Å²) in [6, 6.07) is 31.9. The summed E-state index contributed by atoms with van der Waals surface area (Å²) in [5.41, 5.74) is 8.53. The SMILES string of the molecule is CCCCc1ccc(-c2cccc3[cH-]c(C(C)C)cc23)cc1.C[Si]C.Cc1cc2c(CC3CCCCC3)cccc2[cH-]1.[Cl][Zr+2][Cl]. The topological polar surface area (TPSA) is 0 Å². The molecule has 0 bridgehead atoms. The van der Waals surface area contributed by atoms with Gasteiger partial charge < -0.3 is 0 Å². The molecular weight excluding hydrogens is 683 g/mol. The van der Waals surface area contributed by atoms with Gasteiger partial charge in [0.1, 0.15) is 0 Å². The summed E-state index contributed by atoms with van der Waals surface area (Å²) in [7, 11) is 11.0. The Morgan fingerprint density at radius 1 is 0.844 bits per heavy atom. The fourth-order valence-electron chi connectivity index (χ4n) is 6.40. The van der Waals surface area contributed by atoms with E-state index < -0.39 is 20.8 Å². The van der Waals surface area contributed by atoms with Crippen molar-refractivity contribution in [3.63, 3.8) is 0 Å². The summed E-state index contributed by atoms with van der Waals surface area (Å²) in [4.78, 5) is 0. The van der Waals surface area contributed by atoms with Gasteiger partial charge in [0.15, 0.2) is 0 Å². The van der Waals surface area contributed by atoms with E-state index in [0.29, 0.717) is 5.92 Å². The summed E-state index contributed by atoms with van der Waals surface area (Å²) >= 11 is -0.826. The van der Waals surface area contributed by atoms with Crippen LogP contribution in [0.15, 0.2) is 84.9 Å². The number of hydrogen-bond acceptors (Lipinski definition) is 0. The molecule has 1 aliphatic rings. The second kappa shape index (κ2) is 20.7. The Labute approximate surface area is 295 Å². The van der Waals surface area contributed by atoms with Crippen LogP contribution in [0.5, 0.6) is 0 Å². The first-order valence-corrected chi connectivity index (χ1v) is 25.2. The van der Waals surface area contributed by atoms with Gasteiger partial charge in [-0.05, 0) is 42.2 Å². The fraction of sp³-hybridized carbons (Fsp3) is 0.415. The molecule has 1 saturated carbocycles. The van der Waals surface area contributed by atoms with Crippen LogP contribution in [0.3, 0.4) is 0 Å². The molecule has 0 aliphatic heterocycles. The van der Waals surface area contributed by atoms with E-state index in [0.717, 1.165) is 15.4 Å². The first-order valence-electron chi connectivity index (χ1n) is 16.8. The number of aryl methyl sites for hydroxylation is 2. The summed E-state index contributed by atoms with van der Waals surface area (Å²) < 4.78 is 0. The van der Waals surface area contributed by atoms with E-state index in [1.165, 1.54) is 107 Å². The van der Waals surface area contributed by atoms with E-state index in [2.05, 4.69) is 126 Å². The number of hydrogen-bond donors (Lipinski definition) is 0. The van der Waals surface area contributed by atoms with E-state index in [-0.39, 0.29) is 0 Å². The maximum absolute atomic E-state index is 4.93. The number of unbranched alkanes of at least 4 members (excludes halogenated alkanes) is 1. The van der Waals surface area contributed by atoms with Gasteiger partial charge in [0, 0.05) is 9.52 Å². The van der Waals surface area contributed by atoms with Gasteiger partial charge in [-0.1, -0.05) is 127 Å². The van der Waals surface area contributed by atoms with E-state index in [4.69, 9.17) is 17.0 Å². The normalized spacial score (nSPS) is 12.9. The van der Waals surface area contributed by atoms with Gasteiger partial charge in [-0.15, -0.1) is 69.1 Å². The zero-order valence-electron chi connectivity index (χ0n) is 28.4. The number of rotatable bonds is 7. The Bertz CT molecular complexity index is 1520. The van der Waals surface area contributed by atoms with Crippen LogP contribution in [0.1, 0.15) is 93.9 Å². The molecule has 0 nitrogen and oxygen atoms in total. The second-order valence-electron chi connectivity index (χ2n) is 12.8. The standard InChI is InChI=1S/C22H25.C17H21.C2H6Si.2ClH.Zr/c1-4-5-7-17-10-12-18(13-11-17)21-9-6-8-19-14-20(16(2)3)15-22(19)21;1-13-10-15-8-5-9-16(17(15)11-13)12-14-6-3-2-4-7-14;1-3-2;;;/h6,8-16H,4-5,7H2,1-3H3;5,8-11,14H,2-4,6-7,12H2,1H3;1-2H3;2*1H;/q2*-1;;;;+4/p-2. The third-order valence-electron chi connectivity index (χ3n) is 8.74. The zero-order chi connectivity index (χ0) is 32.6. The first kappa shape index (κ1) is 38.0. The van der Waals surface area contributed by atoms with Gasteiger partial charge in [0.2, 0.25) is 0 Å². The van der Waals surface area contributed by atoms with Crippen LogP contribution >= 0.6 is 17.0 Å². The second-order valence-corrected chi connectivity index (χ2v) is 17.5. The van der Waals surface area contributed by atoms with Crippen molar-refractivity contribution < 1.29 is 20.8 Å². The van der Waals surface area contributed by atoms with E-state index >= 15 is 0 Å². The molecule has 0 N–H and O–H groups in total. The molecule has 5 aromatic carbocycles. The van der Waals surface area contributed by atoms with Crippen molar-refractivity contribution in [3.05, 3.63) is 107 Å². The first-order chi connectivity index (χ1) is 21.8. The predicted octanol–water partition coefficient (Wildman–Crippen LogP) is 13.8. The van der Waals surface area contributed by atoms with Gasteiger partial charge in [0.25, 0.3) is 0 Å². The maximum atomic E-state index is 4.93. The van der Waals surface area contributed by atoms with Crippen molar-refractivity contribution >= 4 is 48.1 Å². The van der Waals surface area contributed by atoms with Crippen LogP contribution in [-0.4, -0.2) is 9.52 Å². The molecule has 1 fully saturated rings. The van der Waals surface area contributed by atoms with Gasteiger partial charge in [-0.25, -0.2) is 0 Å². The molecule has 2 radical (unpaired) electrons. The Hall–Kier alpha value is -1.44. The molecule has 0 unspecified atom stereocenters.